The lowest BCUT2D eigenvalue weighted by Gasteiger charge is -2.02. The zero-order valence-electron chi connectivity index (χ0n) is 9.31. The molecule has 1 heterocycles. The lowest BCUT2D eigenvalue weighted by molar-refractivity contribution is 0.416. The number of rotatable bonds is 3. The zero-order valence-corrected chi connectivity index (χ0v) is 9.31. The highest BCUT2D eigenvalue weighted by Crippen LogP contribution is 2.26. The Labute approximate surface area is 94.4 Å². The van der Waals surface area contributed by atoms with Crippen LogP contribution in [0.2, 0.25) is 0 Å². The number of benzene rings is 1. The summed E-state index contributed by atoms with van der Waals surface area (Å²) in [6, 6.07) is 9.51. The van der Waals surface area contributed by atoms with Gasteiger partial charge in [-0.15, -0.1) is 0 Å². The smallest absolute Gasteiger partial charge is 0.147 e. The van der Waals surface area contributed by atoms with Crippen molar-refractivity contribution in [2.24, 2.45) is 4.99 Å². The van der Waals surface area contributed by atoms with Crippen LogP contribution in [0.1, 0.15) is 11.3 Å². The lowest BCUT2D eigenvalue weighted by atomic mass is 10.3. The minimum absolute atomic E-state index is 0.753. The molecule has 0 amide bonds. The topological polar surface area (TPSA) is 34.7 Å². The molecule has 16 heavy (non-hydrogen) atoms. The number of methoxy groups -OCH3 is 1. The number of hydrogen-bond acceptors (Lipinski definition) is 3. The van der Waals surface area contributed by atoms with E-state index in [0.717, 1.165) is 22.8 Å². The molecule has 0 aliphatic heterocycles. The minimum atomic E-state index is 0.753. The molecule has 0 unspecified atom stereocenters. The van der Waals surface area contributed by atoms with Gasteiger partial charge in [-0.1, -0.05) is 12.1 Å². The van der Waals surface area contributed by atoms with Crippen molar-refractivity contribution in [1.29, 1.82) is 0 Å². The molecule has 2 rings (SSSR count). The monoisotopic (exact) mass is 215 g/mol. The Hall–Kier alpha value is -2.03. The van der Waals surface area contributed by atoms with E-state index in [1.165, 1.54) is 0 Å². The van der Waals surface area contributed by atoms with Gasteiger partial charge in [-0.3, -0.25) is 0 Å². The Morgan fingerprint density at radius 1 is 1.25 bits per heavy atom. The first-order valence-corrected chi connectivity index (χ1v) is 5.02. The Kier molecular flexibility index (Phi) is 3.05. The number of ether oxygens (including phenoxy) is 1. The predicted octanol–water partition coefficient (Wildman–Crippen LogP) is 3.35. The van der Waals surface area contributed by atoms with Gasteiger partial charge in [0.2, 0.25) is 0 Å². The Bertz CT molecular complexity index is 500. The molecule has 1 aromatic carbocycles. The molecule has 1 aromatic heterocycles. The third-order valence-electron chi connectivity index (χ3n) is 2.31. The van der Waals surface area contributed by atoms with Crippen LogP contribution in [0, 0.1) is 6.92 Å². The van der Waals surface area contributed by atoms with Crippen LogP contribution in [-0.4, -0.2) is 13.3 Å². The summed E-state index contributed by atoms with van der Waals surface area (Å²) in [7, 11) is 1.63. The molecule has 0 atom stereocenters. The second-order valence-corrected chi connectivity index (χ2v) is 3.40. The van der Waals surface area contributed by atoms with Gasteiger partial charge in [0.25, 0.3) is 0 Å². The maximum absolute atomic E-state index is 5.27. The van der Waals surface area contributed by atoms with Crippen molar-refractivity contribution in [1.82, 2.24) is 0 Å². The third-order valence-corrected chi connectivity index (χ3v) is 2.31. The van der Waals surface area contributed by atoms with Gasteiger partial charge in [0, 0.05) is 0 Å². The van der Waals surface area contributed by atoms with Crippen LogP contribution in [0.25, 0.3) is 0 Å². The molecule has 0 saturated carbocycles. The molecular formula is C13H13NO2. The molecule has 82 valence electrons. The molecule has 0 aliphatic carbocycles. The van der Waals surface area contributed by atoms with Gasteiger partial charge in [-0.05, 0) is 30.7 Å². The fraction of sp³-hybridized carbons (Fsp3) is 0.154. The number of para-hydroxylation sites is 2. The van der Waals surface area contributed by atoms with Crippen LogP contribution >= 0.6 is 0 Å². The first-order valence-electron chi connectivity index (χ1n) is 5.02. The van der Waals surface area contributed by atoms with Crippen molar-refractivity contribution in [2.45, 2.75) is 6.92 Å². The van der Waals surface area contributed by atoms with Crippen LogP contribution in [0.5, 0.6) is 5.75 Å². The number of nitrogens with zero attached hydrogens (tertiary/aromatic N) is 1. The highest BCUT2D eigenvalue weighted by Gasteiger charge is 2.00. The number of hydrogen-bond donors (Lipinski definition) is 0. The van der Waals surface area contributed by atoms with E-state index in [1.54, 1.807) is 19.6 Å². The summed E-state index contributed by atoms with van der Waals surface area (Å²) >= 11 is 0. The Morgan fingerprint density at radius 3 is 2.75 bits per heavy atom. The van der Waals surface area contributed by atoms with E-state index in [9.17, 15) is 0 Å². The molecule has 0 saturated heterocycles. The highest BCUT2D eigenvalue weighted by molar-refractivity contribution is 5.81. The lowest BCUT2D eigenvalue weighted by Crippen LogP contribution is -1.84. The van der Waals surface area contributed by atoms with Crippen molar-refractivity contribution in [3.05, 3.63) is 47.9 Å². The summed E-state index contributed by atoms with van der Waals surface area (Å²) in [5.41, 5.74) is 1.86. The SMILES string of the molecule is COc1ccccc1N=Cc1occc1C. The largest absolute Gasteiger partial charge is 0.494 e. The highest BCUT2D eigenvalue weighted by atomic mass is 16.5. The van der Waals surface area contributed by atoms with E-state index >= 15 is 0 Å². The number of furan rings is 1. The van der Waals surface area contributed by atoms with Gasteiger partial charge in [0.1, 0.15) is 17.2 Å². The van der Waals surface area contributed by atoms with E-state index in [4.69, 9.17) is 9.15 Å². The molecule has 0 fully saturated rings. The molecule has 3 nitrogen and oxygen atoms in total. The van der Waals surface area contributed by atoms with E-state index in [0.29, 0.717) is 0 Å². The van der Waals surface area contributed by atoms with E-state index in [1.807, 2.05) is 37.3 Å². The Balaban J connectivity index is 2.27. The Morgan fingerprint density at radius 2 is 2.06 bits per heavy atom. The van der Waals surface area contributed by atoms with Gasteiger partial charge in [0.05, 0.1) is 19.6 Å². The molecule has 0 radical (unpaired) electrons. The zero-order chi connectivity index (χ0) is 11.4. The average Bonchev–Trinajstić information content (AvgIpc) is 2.72. The predicted molar refractivity (Wildman–Crippen MR) is 63.7 cm³/mol. The number of aryl methyl sites for hydroxylation is 1. The van der Waals surface area contributed by atoms with E-state index in [-0.39, 0.29) is 0 Å². The van der Waals surface area contributed by atoms with Crippen molar-refractivity contribution in [2.75, 3.05) is 7.11 Å². The van der Waals surface area contributed by atoms with Gasteiger partial charge in [0.15, 0.2) is 0 Å². The summed E-state index contributed by atoms with van der Waals surface area (Å²) in [4.78, 5) is 4.34. The standard InChI is InChI=1S/C13H13NO2/c1-10-7-8-16-13(10)9-14-11-5-3-4-6-12(11)15-2/h3-9H,1-2H3. The summed E-state index contributed by atoms with van der Waals surface area (Å²) < 4.78 is 10.5. The second kappa shape index (κ2) is 4.66. The summed E-state index contributed by atoms with van der Waals surface area (Å²) in [6.07, 6.45) is 3.35. The summed E-state index contributed by atoms with van der Waals surface area (Å²) in [5, 5.41) is 0. The molecule has 0 bridgehead atoms. The molecule has 3 heteroatoms. The molecule has 0 spiro atoms. The molecular weight excluding hydrogens is 202 g/mol. The number of aliphatic imine (C=N–C) groups is 1. The van der Waals surface area contributed by atoms with Gasteiger partial charge < -0.3 is 9.15 Å². The van der Waals surface area contributed by atoms with Gasteiger partial charge >= 0.3 is 0 Å². The molecule has 0 N–H and O–H groups in total. The van der Waals surface area contributed by atoms with Crippen LogP contribution in [0.15, 0.2) is 46.0 Å². The summed E-state index contributed by atoms with van der Waals surface area (Å²) in [6.45, 7) is 1.98. The van der Waals surface area contributed by atoms with E-state index in [2.05, 4.69) is 4.99 Å². The third kappa shape index (κ3) is 2.14. The normalized spacial score (nSPS) is 10.9. The average molecular weight is 215 g/mol. The van der Waals surface area contributed by atoms with E-state index < -0.39 is 0 Å². The first kappa shape index (κ1) is 10.5. The van der Waals surface area contributed by atoms with Crippen molar-refractivity contribution >= 4 is 11.9 Å². The maximum Gasteiger partial charge on any atom is 0.147 e. The summed E-state index contributed by atoms with van der Waals surface area (Å²) in [5.74, 6) is 1.52. The van der Waals surface area contributed by atoms with Crippen molar-refractivity contribution in [3.8, 4) is 5.75 Å². The van der Waals surface area contributed by atoms with Crippen molar-refractivity contribution < 1.29 is 9.15 Å². The molecule has 0 aliphatic rings. The molecule has 2 aromatic rings. The minimum Gasteiger partial charge on any atom is -0.494 e. The van der Waals surface area contributed by atoms with Crippen molar-refractivity contribution in [3.63, 3.8) is 0 Å². The van der Waals surface area contributed by atoms with Gasteiger partial charge in [-0.25, -0.2) is 4.99 Å². The van der Waals surface area contributed by atoms with Crippen LogP contribution in [0.4, 0.5) is 5.69 Å². The van der Waals surface area contributed by atoms with Gasteiger partial charge in [-0.2, -0.15) is 0 Å². The quantitative estimate of drug-likeness (QED) is 0.736. The fourth-order valence-corrected chi connectivity index (χ4v) is 1.38. The van der Waals surface area contributed by atoms with Crippen LogP contribution in [-0.2, 0) is 0 Å². The van der Waals surface area contributed by atoms with Crippen LogP contribution in [0.3, 0.4) is 0 Å². The fourth-order valence-electron chi connectivity index (χ4n) is 1.38. The van der Waals surface area contributed by atoms with Crippen LogP contribution < -0.4 is 4.74 Å². The second-order valence-electron chi connectivity index (χ2n) is 3.40. The first-order chi connectivity index (χ1) is 7.81. The maximum atomic E-state index is 5.27.